The van der Waals surface area contributed by atoms with Gasteiger partial charge in [-0.1, -0.05) is 24.3 Å². The zero-order valence-electron chi connectivity index (χ0n) is 11.9. The van der Waals surface area contributed by atoms with Crippen molar-refractivity contribution in [3.05, 3.63) is 35.4 Å². The lowest BCUT2D eigenvalue weighted by atomic mass is 10.1. The molecule has 1 saturated heterocycles. The second-order valence-electron chi connectivity index (χ2n) is 5.21. The molecule has 0 spiro atoms. The summed E-state index contributed by atoms with van der Waals surface area (Å²) in [6, 6.07) is 6.52. The van der Waals surface area contributed by atoms with Crippen LogP contribution in [0.3, 0.4) is 0 Å². The molecule has 1 unspecified atom stereocenters. The van der Waals surface area contributed by atoms with Gasteiger partial charge in [-0.2, -0.15) is 17.4 Å². The molecular weight excluding hydrogens is 292 g/mol. The highest BCUT2D eigenvalue weighted by molar-refractivity contribution is 7.87. The smallest absolute Gasteiger partial charge is 0.322 e. The molecule has 1 aromatic carbocycles. The van der Waals surface area contributed by atoms with Crippen molar-refractivity contribution in [1.29, 1.82) is 0 Å². The van der Waals surface area contributed by atoms with Crippen molar-refractivity contribution in [3.8, 4) is 0 Å². The molecule has 7 heteroatoms. The van der Waals surface area contributed by atoms with E-state index in [1.807, 2.05) is 31.2 Å². The van der Waals surface area contributed by atoms with E-state index in [4.69, 9.17) is 5.11 Å². The Bertz CT molecular complexity index is 615. The van der Waals surface area contributed by atoms with Crippen LogP contribution in [-0.2, 0) is 21.5 Å². The largest absolute Gasteiger partial charge is 0.480 e. The number of nitrogens with zero attached hydrogens (tertiary/aromatic N) is 1. The number of carbonyl (C=O) groups is 1. The predicted molar refractivity (Wildman–Crippen MR) is 78.9 cm³/mol. The van der Waals surface area contributed by atoms with Gasteiger partial charge in [0.15, 0.2) is 0 Å². The summed E-state index contributed by atoms with van der Waals surface area (Å²) >= 11 is 0. The fourth-order valence-electron chi connectivity index (χ4n) is 2.50. The first kappa shape index (κ1) is 15.9. The molecule has 1 heterocycles. The van der Waals surface area contributed by atoms with Crippen LogP contribution in [0.25, 0.3) is 0 Å². The van der Waals surface area contributed by atoms with Gasteiger partial charge in [-0.15, -0.1) is 0 Å². The van der Waals surface area contributed by atoms with Gasteiger partial charge < -0.3 is 5.11 Å². The molecule has 0 aliphatic carbocycles. The Hall–Kier alpha value is -1.44. The van der Waals surface area contributed by atoms with Crippen molar-refractivity contribution in [2.24, 2.45) is 0 Å². The first-order valence-corrected chi connectivity index (χ1v) is 8.39. The number of rotatable bonds is 5. The molecule has 1 aliphatic heterocycles. The number of benzene rings is 1. The SMILES string of the molecule is Cc1ccccc1CNS(=O)(=O)N1CCCCC1C(=O)O. The Kier molecular flexibility index (Phi) is 4.97. The number of carboxylic acids is 1. The molecule has 0 radical (unpaired) electrons. The highest BCUT2D eigenvalue weighted by Crippen LogP contribution is 2.20. The van der Waals surface area contributed by atoms with Crippen molar-refractivity contribution in [3.63, 3.8) is 0 Å². The van der Waals surface area contributed by atoms with Gasteiger partial charge in [-0.05, 0) is 37.3 Å². The van der Waals surface area contributed by atoms with Crippen LogP contribution >= 0.6 is 0 Å². The van der Waals surface area contributed by atoms with Gasteiger partial charge in [0.25, 0.3) is 10.2 Å². The minimum atomic E-state index is -3.79. The molecule has 1 aliphatic rings. The van der Waals surface area contributed by atoms with E-state index < -0.39 is 22.2 Å². The zero-order chi connectivity index (χ0) is 15.5. The van der Waals surface area contributed by atoms with E-state index in [0.29, 0.717) is 12.8 Å². The molecule has 116 valence electrons. The maximum atomic E-state index is 12.3. The number of nitrogens with one attached hydrogen (secondary N) is 1. The van der Waals surface area contributed by atoms with Crippen molar-refractivity contribution in [2.75, 3.05) is 6.54 Å². The fraction of sp³-hybridized carbons (Fsp3) is 0.500. The van der Waals surface area contributed by atoms with Crippen LogP contribution in [0.5, 0.6) is 0 Å². The maximum Gasteiger partial charge on any atom is 0.322 e. The van der Waals surface area contributed by atoms with Gasteiger partial charge in [0.05, 0.1) is 0 Å². The van der Waals surface area contributed by atoms with Crippen LogP contribution in [-0.4, -0.2) is 36.4 Å². The third-order valence-electron chi connectivity index (χ3n) is 3.75. The summed E-state index contributed by atoms with van der Waals surface area (Å²) in [5.74, 6) is -1.09. The number of aryl methyl sites for hydroxylation is 1. The molecule has 2 N–H and O–H groups in total. The van der Waals surface area contributed by atoms with Gasteiger partial charge in [-0.3, -0.25) is 4.79 Å². The number of carboxylic acid groups (broad SMARTS) is 1. The first-order chi connectivity index (χ1) is 9.92. The van der Waals surface area contributed by atoms with E-state index >= 15 is 0 Å². The number of aliphatic carboxylic acids is 1. The van der Waals surface area contributed by atoms with Crippen LogP contribution in [0, 0.1) is 6.92 Å². The normalized spacial score (nSPS) is 20.3. The van der Waals surface area contributed by atoms with Crippen LogP contribution < -0.4 is 4.72 Å². The minimum Gasteiger partial charge on any atom is -0.480 e. The summed E-state index contributed by atoms with van der Waals surface area (Å²) in [7, 11) is -3.79. The van der Waals surface area contributed by atoms with Gasteiger partial charge in [0.1, 0.15) is 6.04 Å². The molecule has 0 saturated carbocycles. The van der Waals surface area contributed by atoms with E-state index in [0.717, 1.165) is 21.9 Å². The van der Waals surface area contributed by atoms with Crippen LogP contribution in [0.2, 0.25) is 0 Å². The molecule has 0 aromatic heterocycles. The quantitative estimate of drug-likeness (QED) is 0.857. The Labute approximate surface area is 125 Å². The summed E-state index contributed by atoms with van der Waals surface area (Å²) in [4.78, 5) is 11.2. The standard InChI is InChI=1S/C14H20N2O4S/c1-11-6-2-3-7-12(11)10-15-21(19,20)16-9-5-4-8-13(16)14(17)18/h2-3,6-7,13,15H,4-5,8-10H2,1H3,(H,17,18). The maximum absolute atomic E-state index is 12.3. The number of piperidine rings is 1. The third kappa shape index (κ3) is 3.81. The molecule has 1 atom stereocenters. The highest BCUT2D eigenvalue weighted by Gasteiger charge is 2.36. The molecule has 0 amide bonds. The molecule has 1 aromatic rings. The van der Waals surface area contributed by atoms with E-state index in [-0.39, 0.29) is 13.1 Å². The predicted octanol–water partition coefficient (Wildman–Crippen LogP) is 1.27. The van der Waals surface area contributed by atoms with Crippen molar-refractivity contribution in [2.45, 2.75) is 38.8 Å². The average molecular weight is 312 g/mol. The molecule has 21 heavy (non-hydrogen) atoms. The minimum absolute atomic E-state index is 0.165. The number of hydrogen-bond acceptors (Lipinski definition) is 3. The van der Waals surface area contributed by atoms with Crippen molar-refractivity contribution >= 4 is 16.2 Å². The summed E-state index contributed by atoms with van der Waals surface area (Å²) in [6.07, 6.45) is 1.79. The summed E-state index contributed by atoms with van der Waals surface area (Å²) in [6.45, 7) is 2.32. The first-order valence-electron chi connectivity index (χ1n) is 6.95. The summed E-state index contributed by atoms with van der Waals surface area (Å²) < 4.78 is 28.2. The number of hydrogen-bond donors (Lipinski definition) is 2. The average Bonchev–Trinajstić information content (AvgIpc) is 2.46. The Balaban J connectivity index is 2.10. The van der Waals surface area contributed by atoms with Crippen LogP contribution in [0.1, 0.15) is 30.4 Å². The van der Waals surface area contributed by atoms with E-state index in [1.165, 1.54) is 0 Å². The van der Waals surface area contributed by atoms with E-state index in [9.17, 15) is 13.2 Å². The lowest BCUT2D eigenvalue weighted by molar-refractivity contribution is -0.142. The van der Waals surface area contributed by atoms with Crippen molar-refractivity contribution < 1.29 is 18.3 Å². The van der Waals surface area contributed by atoms with E-state index in [1.54, 1.807) is 0 Å². The second kappa shape index (κ2) is 6.55. The topological polar surface area (TPSA) is 86.7 Å². The molecule has 1 fully saturated rings. The molecule has 0 bridgehead atoms. The van der Waals surface area contributed by atoms with Gasteiger partial charge in [0.2, 0.25) is 0 Å². The van der Waals surface area contributed by atoms with Crippen molar-refractivity contribution in [1.82, 2.24) is 9.03 Å². The Morgan fingerprint density at radius 2 is 2.10 bits per heavy atom. The van der Waals surface area contributed by atoms with Crippen LogP contribution in [0.15, 0.2) is 24.3 Å². The van der Waals surface area contributed by atoms with Crippen LogP contribution in [0.4, 0.5) is 0 Å². The lowest BCUT2D eigenvalue weighted by Gasteiger charge is -2.31. The third-order valence-corrected chi connectivity index (χ3v) is 5.32. The molecule has 6 nitrogen and oxygen atoms in total. The van der Waals surface area contributed by atoms with Gasteiger partial charge in [0, 0.05) is 13.1 Å². The second-order valence-corrected chi connectivity index (χ2v) is 6.92. The Morgan fingerprint density at radius 3 is 2.76 bits per heavy atom. The van der Waals surface area contributed by atoms with Gasteiger partial charge >= 0.3 is 5.97 Å². The Morgan fingerprint density at radius 1 is 1.38 bits per heavy atom. The van der Waals surface area contributed by atoms with E-state index in [2.05, 4.69) is 4.72 Å². The molecular formula is C14H20N2O4S. The lowest BCUT2D eigenvalue weighted by Crippen LogP contribution is -2.51. The monoisotopic (exact) mass is 312 g/mol. The summed E-state index contributed by atoms with van der Waals surface area (Å²) in [5, 5.41) is 9.17. The summed E-state index contributed by atoms with van der Waals surface area (Å²) in [5.41, 5.74) is 1.87. The zero-order valence-corrected chi connectivity index (χ0v) is 12.8. The van der Waals surface area contributed by atoms with Gasteiger partial charge in [-0.25, -0.2) is 0 Å². The molecule has 2 rings (SSSR count). The highest BCUT2D eigenvalue weighted by atomic mass is 32.2. The fourth-order valence-corrected chi connectivity index (χ4v) is 3.90.